The van der Waals surface area contributed by atoms with E-state index in [9.17, 15) is 58.4 Å². The van der Waals surface area contributed by atoms with Crippen LogP contribution in [0.2, 0.25) is 5.28 Å². The molecule has 40 heteroatoms. The minimum atomic E-state index is -5.41. The first-order valence-electron chi connectivity index (χ1n) is 17.3. The molecule has 0 unspecified atom stereocenters. The SMILES string of the molecule is Nc1cc(O)c(N=Nc2ccc(S(=O)(=O)CCOSOO[O-])cc2S(=O)(=O)[O-])cc1N=Nc1cc(Nc2nc(Cl)nc(Nc3ccc(S(=O)(=O)CCOSOO[O-])cc3)n2)ccc1S(=O)(=O)[O-].[Na+].[Na+].[Na+].[Na+]. The maximum Gasteiger partial charge on any atom is 1.00 e. The zero-order valence-corrected chi connectivity index (χ0v) is 50.2. The van der Waals surface area contributed by atoms with Crippen molar-refractivity contribution in [2.24, 2.45) is 20.5 Å². The van der Waals surface area contributed by atoms with Gasteiger partial charge in [0.05, 0.1) is 50.0 Å². The number of hydrogen-bond donors (Lipinski definition) is 4. The molecule has 71 heavy (non-hydrogen) atoms. The summed E-state index contributed by atoms with van der Waals surface area (Å²) in [5, 5.41) is 56.5. The first-order valence-corrected chi connectivity index (χ1v) is 25.1. The number of anilines is 5. The number of nitrogens with zero attached hydrogens (tertiary/aromatic N) is 7. The summed E-state index contributed by atoms with van der Waals surface area (Å²) in [6, 6.07) is 12.5. The third-order valence-corrected chi connectivity index (χ3v) is 13.9. The minimum absolute atomic E-state index is 0. The number of hydrogen-bond acceptors (Lipinski definition) is 31. The van der Waals surface area contributed by atoms with E-state index in [1.165, 1.54) is 24.3 Å². The van der Waals surface area contributed by atoms with Gasteiger partial charge in [-0.05, 0) is 78.3 Å². The third-order valence-electron chi connectivity index (χ3n) is 7.85. The van der Waals surface area contributed by atoms with E-state index in [2.05, 4.69) is 69.0 Å². The van der Waals surface area contributed by atoms with Crippen LogP contribution in [-0.4, -0.2) is 87.6 Å². The van der Waals surface area contributed by atoms with Crippen molar-refractivity contribution in [3.05, 3.63) is 78.1 Å². The van der Waals surface area contributed by atoms with Crippen LogP contribution in [0.15, 0.2) is 113 Å². The second-order valence-electron chi connectivity index (χ2n) is 12.2. The minimum Gasteiger partial charge on any atom is -0.744 e. The predicted molar refractivity (Wildman–Crippen MR) is 223 cm³/mol. The molecule has 1 heterocycles. The Labute approximate surface area is 504 Å². The number of sulfone groups is 2. The van der Waals surface area contributed by atoms with Gasteiger partial charge in [-0.1, -0.05) is 0 Å². The molecule has 1 aromatic heterocycles. The van der Waals surface area contributed by atoms with Crippen LogP contribution in [0.25, 0.3) is 0 Å². The Morgan fingerprint density at radius 3 is 1.62 bits per heavy atom. The summed E-state index contributed by atoms with van der Waals surface area (Å²) < 4.78 is 141. The van der Waals surface area contributed by atoms with Gasteiger partial charge in [-0.15, -0.1) is 29.1 Å². The van der Waals surface area contributed by atoms with Crippen molar-refractivity contribution in [1.82, 2.24) is 15.0 Å². The maximum atomic E-state index is 12.7. The van der Waals surface area contributed by atoms with Crippen LogP contribution >= 0.6 is 36.2 Å². The molecule has 0 atom stereocenters. The van der Waals surface area contributed by atoms with Crippen molar-refractivity contribution < 1.29 is 204 Å². The van der Waals surface area contributed by atoms with Gasteiger partial charge in [0.2, 0.25) is 17.2 Å². The van der Waals surface area contributed by atoms with Crippen LogP contribution in [-0.2, 0) is 67.0 Å². The van der Waals surface area contributed by atoms with Gasteiger partial charge in [0.15, 0.2) is 44.3 Å². The van der Waals surface area contributed by atoms with Crippen LogP contribution in [0.4, 0.5) is 51.7 Å². The molecular formula is C31H25ClN10Na4O19S6. The number of benzene rings is 4. The molecule has 0 aliphatic heterocycles. The Balaban J connectivity index is 0.00000630. The van der Waals surface area contributed by atoms with Crippen LogP contribution in [0, 0.1) is 0 Å². The van der Waals surface area contributed by atoms with Gasteiger partial charge in [-0.2, -0.15) is 15.0 Å². The molecule has 0 spiro atoms. The van der Waals surface area contributed by atoms with Crippen molar-refractivity contribution in [1.29, 1.82) is 0 Å². The smallest absolute Gasteiger partial charge is 0.744 e. The summed E-state index contributed by atoms with van der Waals surface area (Å²) in [5.41, 5.74) is 3.99. The second kappa shape index (κ2) is 31.0. The van der Waals surface area contributed by atoms with Crippen LogP contribution in [0.1, 0.15) is 0 Å². The van der Waals surface area contributed by atoms with Gasteiger partial charge in [-0.3, -0.25) is 18.4 Å². The summed E-state index contributed by atoms with van der Waals surface area (Å²) in [6.45, 7) is -0.890. The molecule has 0 bridgehead atoms. The van der Waals surface area contributed by atoms with Crippen molar-refractivity contribution >= 4 is 128 Å². The Morgan fingerprint density at radius 2 is 1.07 bits per heavy atom. The van der Waals surface area contributed by atoms with Gasteiger partial charge >= 0.3 is 118 Å². The van der Waals surface area contributed by atoms with E-state index >= 15 is 0 Å². The average Bonchev–Trinajstić information content (AvgIpc) is 3.25. The fourth-order valence-corrected chi connectivity index (χ4v) is 9.24. The number of halogens is 1. The second-order valence-corrected chi connectivity index (χ2v) is 20.5. The number of phenols is 1. The zero-order chi connectivity index (χ0) is 49.0. The number of nitrogens with two attached hydrogens (primary N) is 1. The average molecular weight is 1160 g/mol. The Kier molecular flexibility index (Phi) is 29.6. The van der Waals surface area contributed by atoms with E-state index in [0.29, 0.717) is 11.8 Å². The monoisotopic (exact) mass is 1160 g/mol. The van der Waals surface area contributed by atoms with Crippen molar-refractivity contribution in [3.8, 4) is 5.75 Å². The van der Waals surface area contributed by atoms with Crippen LogP contribution in [0.3, 0.4) is 0 Å². The van der Waals surface area contributed by atoms with E-state index in [-0.39, 0.29) is 189 Å². The molecule has 5 rings (SSSR count). The van der Waals surface area contributed by atoms with E-state index in [1.807, 2.05) is 0 Å². The van der Waals surface area contributed by atoms with Crippen molar-refractivity contribution in [2.45, 2.75) is 19.6 Å². The van der Waals surface area contributed by atoms with Gasteiger partial charge in [0.25, 0.3) is 0 Å². The first kappa shape index (κ1) is 67.7. The fourth-order valence-electron chi connectivity index (χ4n) is 4.94. The first-order chi connectivity index (χ1) is 31.6. The zero-order valence-electron chi connectivity index (χ0n) is 36.6. The summed E-state index contributed by atoms with van der Waals surface area (Å²) in [4.78, 5) is 9.39. The number of rotatable bonds is 24. The van der Waals surface area contributed by atoms with Crippen molar-refractivity contribution in [3.63, 3.8) is 0 Å². The molecule has 5 N–H and O–H groups in total. The van der Waals surface area contributed by atoms with Gasteiger partial charge < -0.3 is 41.1 Å². The molecule has 0 fully saturated rings. The van der Waals surface area contributed by atoms with E-state index < -0.39 is 95.5 Å². The molecule has 0 amide bonds. The van der Waals surface area contributed by atoms with Crippen LogP contribution in [0.5, 0.6) is 5.75 Å². The van der Waals surface area contributed by atoms with Gasteiger partial charge in [0, 0.05) is 17.4 Å². The summed E-state index contributed by atoms with van der Waals surface area (Å²) in [7, 11) is -18.7. The molecule has 0 saturated heterocycles. The molecule has 0 radical (unpaired) electrons. The Morgan fingerprint density at radius 1 is 0.592 bits per heavy atom. The molecule has 4 aromatic carbocycles. The molecule has 5 aromatic rings. The molecular weight excluding hydrogens is 1140 g/mol. The van der Waals surface area contributed by atoms with Gasteiger partial charge in [0.1, 0.15) is 48.7 Å². The van der Waals surface area contributed by atoms with E-state index in [0.717, 1.165) is 42.5 Å². The van der Waals surface area contributed by atoms with Crippen molar-refractivity contribution in [2.75, 3.05) is 41.1 Å². The normalized spacial score (nSPS) is 11.8. The Bertz CT molecular complexity index is 3130. The molecule has 0 aliphatic carbocycles. The maximum absolute atomic E-state index is 12.7. The van der Waals surface area contributed by atoms with Gasteiger partial charge in [-0.25, -0.2) is 33.7 Å². The largest absolute Gasteiger partial charge is 1.00 e. The molecule has 0 aliphatic rings. The number of aromatic hydroxyl groups is 1. The third kappa shape index (κ3) is 21.0. The van der Waals surface area contributed by atoms with Crippen LogP contribution < -0.4 is 145 Å². The predicted octanol–water partition coefficient (Wildman–Crippen LogP) is -8.89. The Hall–Kier alpha value is -1.32. The number of phenolic OH excluding ortho intramolecular Hbond substituents is 1. The molecule has 0 saturated carbocycles. The number of azo groups is 2. The quantitative estimate of drug-likeness (QED) is 0.00651. The number of aromatic nitrogens is 3. The van der Waals surface area contributed by atoms with E-state index in [4.69, 9.17) is 21.5 Å². The summed E-state index contributed by atoms with van der Waals surface area (Å²) in [6.07, 6.45) is 0. The van der Waals surface area contributed by atoms with E-state index in [1.54, 1.807) is 0 Å². The molecule has 29 nitrogen and oxygen atoms in total. The number of nitrogen functional groups attached to an aromatic ring is 1. The topological polar surface area (TPSA) is 443 Å². The number of nitrogens with one attached hydrogen (secondary N) is 2. The fraction of sp³-hybridized carbons (Fsp3) is 0.129. The standard InChI is InChI=1S/C31H29ClN10O19S6.4Na/c32-29-36-30(34-17-1-4-19(5-2-17)64(46,47)11-9-56-62-60-58-44)38-31(37-29)35-18-3-8-27(66(50,51)52)25(13-18)42-40-23-16-24(26(43)15-21(23)33)41-39-22-7-6-20(14-28(22)67(53,54)55)65(48,49)12-10-57-63-61-59-45;;;;/h1-8,13-16,43-45H,9-12,33H2,(H,50,51,52)(H,53,54,55)(H2,34,35,36,37,38);;;;/q;4*+1/p-4. The molecule has 360 valence electrons. The summed E-state index contributed by atoms with van der Waals surface area (Å²) in [5.74, 6) is -2.26. The summed E-state index contributed by atoms with van der Waals surface area (Å²) >= 11 is 6.30.